The monoisotopic (exact) mass is 262 g/mol. The molecule has 0 spiro atoms. The van der Waals surface area contributed by atoms with E-state index in [2.05, 4.69) is 0 Å². The normalized spacial score (nSPS) is 13.2. The summed E-state index contributed by atoms with van der Waals surface area (Å²) < 4.78 is 36.6. The average molecular weight is 262 g/mol. The van der Waals surface area contributed by atoms with E-state index in [4.69, 9.17) is 0 Å². The third-order valence-electron chi connectivity index (χ3n) is 1.80. The molecule has 0 unspecified atom stereocenters. The molecule has 0 saturated heterocycles. The molecule has 0 aromatic heterocycles. The SMILES string of the molecule is CC(=O)/C(SC(F)(F)F)=C(\O)c1ccccc1. The van der Waals surface area contributed by atoms with E-state index in [1.54, 1.807) is 18.2 Å². The molecule has 0 amide bonds. The lowest BCUT2D eigenvalue weighted by Crippen LogP contribution is -2.07. The van der Waals surface area contributed by atoms with E-state index in [-0.39, 0.29) is 5.56 Å². The summed E-state index contributed by atoms with van der Waals surface area (Å²) >= 11 is -0.607. The maximum atomic E-state index is 12.2. The van der Waals surface area contributed by atoms with Crippen LogP contribution in [0.2, 0.25) is 0 Å². The number of halogens is 3. The van der Waals surface area contributed by atoms with Crippen molar-refractivity contribution in [3.8, 4) is 0 Å². The highest BCUT2D eigenvalue weighted by Crippen LogP contribution is 2.39. The minimum atomic E-state index is -4.61. The van der Waals surface area contributed by atoms with Crippen LogP contribution in [0.1, 0.15) is 12.5 Å². The zero-order valence-corrected chi connectivity index (χ0v) is 9.60. The van der Waals surface area contributed by atoms with Crippen molar-refractivity contribution in [3.63, 3.8) is 0 Å². The predicted molar refractivity (Wildman–Crippen MR) is 60.3 cm³/mol. The van der Waals surface area contributed by atoms with Crippen LogP contribution in [-0.2, 0) is 4.79 Å². The number of hydrogen-bond donors (Lipinski definition) is 1. The van der Waals surface area contributed by atoms with Crippen LogP contribution in [0.4, 0.5) is 13.2 Å². The molecule has 0 fully saturated rings. The molecule has 1 N–H and O–H groups in total. The first-order chi connectivity index (χ1) is 7.81. The fourth-order valence-corrected chi connectivity index (χ4v) is 1.72. The molecular formula is C11H9F3O2S. The van der Waals surface area contributed by atoms with E-state index in [0.29, 0.717) is 0 Å². The van der Waals surface area contributed by atoms with E-state index in [1.165, 1.54) is 12.1 Å². The van der Waals surface area contributed by atoms with Crippen LogP contribution in [0.15, 0.2) is 35.2 Å². The van der Waals surface area contributed by atoms with Crippen molar-refractivity contribution in [2.75, 3.05) is 0 Å². The fraction of sp³-hybridized carbons (Fsp3) is 0.182. The third-order valence-corrected chi connectivity index (χ3v) is 2.72. The Morgan fingerprint density at radius 1 is 1.24 bits per heavy atom. The topological polar surface area (TPSA) is 37.3 Å². The van der Waals surface area contributed by atoms with Gasteiger partial charge in [-0.15, -0.1) is 0 Å². The molecule has 92 valence electrons. The molecule has 1 aromatic rings. The Bertz CT molecular complexity index is 438. The lowest BCUT2D eigenvalue weighted by atomic mass is 10.1. The van der Waals surface area contributed by atoms with Crippen LogP contribution in [-0.4, -0.2) is 16.4 Å². The van der Waals surface area contributed by atoms with Gasteiger partial charge in [0.05, 0.1) is 0 Å². The molecule has 0 radical (unpaired) electrons. The number of ketones is 1. The van der Waals surface area contributed by atoms with E-state index >= 15 is 0 Å². The lowest BCUT2D eigenvalue weighted by Gasteiger charge is -2.10. The van der Waals surface area contributed by atoms with Gasteiger partial charge < -0.3 is 5.11 Å². The van der Waals surface area contributed by atoms with Gasteiger partial charge in [0.15, 0.2) is 5.78 Å². The molecule has 1 aromatic carbocycles. The molecule has 0 aliphatic carbocycles. The number of aliphatic hydroxyl groups excluding tert-OH is 1. The van der Waals surface area contributed by atoms with E-state index in [1.807, 2.05) is 0 Å². The summed E-state index contributed by atoms with van der Waals surface area (Å²) in [5.74, 6) is -1.48. The van der Waals surface area contributed by atoms with Gasteiger partial charge >= 0.3 is 5.51 Å². The molecule has 6 heteroatoms. The Morgan fingerprint density at radius 3 is 2.18 bits per heavy atom. The molecule has 0 atom stereocenters. The summed E-state index contributed by atoms with van der Waals surface area (Å²) in [6.45, 7) is 0.979. The number of hydrogen-bond acceptors (Lipinski definition) is 3. The van der Waals surface area contributed by atoms with E-state index in [0.717, 1.165) is 6.92 Å². The summed E-state index contributed by atoms with van der Waals surface area (Å²) in [6.07, 6.45) is 0. The average Bonchev–Trinajstić information content (AvgIpc) is 2.25. The van der Waals surface area contributed by atoms with Crippen LogP contribution in [0.5, 0.6) is 0 Å². The van der Waals surface area contributed by atoms with Crippen LogP contribution >= 0.6 is 11.8 Å². The van der Waals surface area contributed by atoms with Gasteiger partial charge in [0, 0.05) is 5.56 Å². The molecule has 0 heterocycles. The second kappa shape index (κ2) is 5.27. The quantitative estimate of drug-likeness (QED) is 0.665. The van der Waals surface area contributed by atoms with Gasteiger partial charge in [-0.2, -0.15) is 13.2 Å². The van der Waals surface area contributed by atoms with Gasteiger partial charge in [0.1, 0.15) is 10.7 Å². The number of thioether (sulfide) groups is 1. The highest BCUT2D eigenvalue weighted by molar-refractivity contribution is 8.05. The van der Waals surface area contributed by atoms with Crippen molar-refractivity contribution < 1.29 is 23.1 Å². The smallest absolute Gasteiger partial charge is 0.446 e. The molecule has 2 nitrogen and oxygen atoms in total. The zero-order valence-electron chi connectivity index (χ0n) is 8.78. The summed E-state index contributed by atoms with van der Waals surface area (Å²) in [7, 11) is 0. The summed E-state index contributed by atoms with van der Waals surface area (Å²) in [5.41, 5.74) is -4.43. The van der Waals surface area contributed by atoms with Crippen molar-refractivity contribution in [2.45, 2.75) is 12.4 Å². The number of rotatable bonds is 3. The molecular weight excluding hydrogens is 253 g/mol. The Balaban J connectivity index is 3.17. The van der Waals surface area contributed by atoms with Crippen LogP contribution in [0.25, 0.3) is 5.76 Å². The Morgan fingerprint density at radius 2 is 1.76 bits per heavy atom. The summed E-state index contributed by atoms with van der Waals surface area (Å²) in [4.78, 5) is 10.4. The van der Waals surface area contributed by atoms with Gasteiger partial charge in [-0.3, -0.25) is 4.79 Å². The summed E-state index contributed by atoms with van der Waals surface area (Å²) in [6, 6.07) is 7.62. The van der Waals surface area contributed by atoms with Gasteiger partial charge in [-0.1, -0.05) is 30.3 Å². The van der Waals surface area contributed by atoms with Gasteiger partial charge in [0.2, 0.25) is 0 Å². The second-order valence-corrected chi connectivity index (χ2v) is 4.22. The van der Waals surface area contributed by atoms with Gasteiger partial charge in [-0.05, 0) is 18.7 Å². The van der Waals surface area contributed by atoms with Crippen LogP contribution in [0, 0.1) is 0 Å². The van der Waals surface area contributed by atoms with Crippen molar-refractivity contribution in [1.29, 1.82) is 0 Å². The first-order valence-electron chi connectivity index (χ1n) is 4.56. The maximum Gasteiger partial charge on any atom is 0.446 e. The molecule has 17 heavy (non-hydrogen) atoms. The molecule has 0 aliphatic rings. The number of alkyl halides is 3. The van der Waals surface area contributed by atoms with Crippen molar-refractivity contribution in [3.05, 3.63) is 40.8 Å². The Hall–Kier alpha value is -1.43. The third kappa shape index (κ3) is 4.14. The number of aliphatic hydroxyl groups is 1. The van der Waals surface area contributed by atoms with Crippen LogP contribution in [0.3, 0.4) is 0 Å². The number of benzene rings is 1. The maximum absolute atomic E-state index is 12.2. The first-order valence-corrected chi connectivity index (χ1v) is 5.38. The first kappa shape index (κ1) is 13.6. The zero-order chi connectivity index (χ0) is 13.1. The molecule has 0 saturated carbocycles. The number of Topliss-reactive ketones (excluding diaryl/α,β-unsaturated/α-hetero) is 1. The highest BCUT2D eigenvalue weighted by atomic mass is 32.2. The van der Waals surface area contributed by atoms with Gasteiger partial charge in [-0.25, -0.2) is 0 Å². The minimum absolute atomic E-state index is 0.175. The fourth-order valence-electron chi connectivity index (χ4n) is 1.13. The van der Waals surface area contributed by atoms with Crippen molar-refractivity contribution >= 4 is 23.3 Å². The number of allylic oxidation sites excluding steroid dienone is 1. The second-order valence-electron chi connectivity index (χ2n) is 3.15. The summed E-state index contributed by atoms with van der Waals surface area (Å²) in [5, 5.41) is 9.65. The molecule has 1 rings (SSSR count). The number of carbonyl (C=O) groups excluding carboxylic acids is 1. The Kier molecular flexibility index (Phi) is 4.22. The predicted octanol–water partition coefficient (Wildman–Crippen LogP) is 3.76. The Labute approximate surface area is 100 Å². The van der Waals surface area contributed by atoms with Crippen molar-refractivity contribution in [1.82, 2.24) is 0 Å². The van der Waals surface area contributed by atoms with E-state index < -0.39 is 33.7 Å². The minimum Gasteiger partial charge on any atom is -0.506 e. The van der Waals surface area contributed by atoms with E-state index in [9.17, 15) is 23.1 Å². The highest BCUT2D eigenvalue weighted by Gasteiger charge is 2.33. The standard InChI is InChI=1S/C11H9F3O2S/c1-7(15)10(17-11(12,13)14)9(16)8-5-3-2-4-6-8/h2-6,16H,1H3/b10-9+. The van der Waals surface area contributed by atoms with Crippen LogP contribution < -0.4 is 0 Å². The number of carbonyl (C=O) groups is 1. The van der Waals surface area contributed by atoms with Crippen molar-refractivity contribution in [2.24, 2.45) is 0 Å². The largest absolute Gasteiger partial charge is 0.506 e. The molecule has 0 bridgehead atoms. The molecule has 0 aliphatic heterocycles. The lowest BCUT2D eigenvalue weighted by molar-refractivity contribution is -0.113. The van der Waals surface area contributed by atoms with Gasteiger partial charge in [0.25, 0.3) is 0 Å².